The van der Waals surface area contributed by atoms with Gasteiger partial charge in [0.05, 0.1) is 38.1 Å². The molecule has 0 radical (unpaired) electrons. The van der Waals surface area contributed by atoms with Crippen molar-refractivity contribution in [2.24, 2.45) is 11.7 Å². The molecule has 1 saturated heterocycles. The fraction of sp³-hybridized carbons (Fsp3) is 0.581. The highest BCUT2D eigenvalue weighted by atomic mass is 16.5. The van der Waals surface area contributed by atoms with Gasteiger partial charge in [0.25, 0.3) is 0 Å². The van der Waals surface area contributed by atoms with Gasteiger partial charge in [-0.25, -0.2) is 0 Å². The molecule has 2 N–H and O–H groups in total. The van der Waals surface area contributed by atoms with Crippen molar-refractivity contribution in [1.82, 2.24) is 4.90 Å². The molecule has 0 bridgehead atoms. The summed E-state index contributed by atoms with van der Waals surface area (Å²) in [5.74, 6) is 2.30. The lowest BCUT2D eigenvalue weighted by atomic mass is 9.86. The number of nitrogens with two attached hydrogens (primary N) is 1. The number of carbonyl (C=O) groups excluding carboxylic acids is 1. The predicted molar refractivity (Wildman–Crippen MR) is 154 cm³/mol. The normalized spacial score (nSPS) is 19.9. The molecule has 1 fully saturated rings. The number of nitrogens with zero attached hydrogens (tertiary/aromatic N) is 2. The predicted octanol–water partition coefficient (Wildman–Crippen LogP) is 4.21. The monoisotopic (exact) mass is 539 g/mol. The van der Waals surface area contributed by atoms with Crippen molar-refractivity contribution >= 4 is 11.6 Å². The van der Waals surface area contributed by atoms with E-state index >= 15 is 0 Å². The maximum Gasteiger partial charge on any atom is 0.239 e. The number of amides is 1. The molecule has 214 valence electrons. The van der Waals surface area contributed by atoms with Crippen LogP contribution in [0.4, 0.5) is 5.69 Å². The molecule has 2 aromatic rings. The van der Waals surface area contributed by atoms with Gasteiger partial charge < -0.3 is 34.5 Å². The highest BCUT2D eigenvalue weighted by Crippen LogP contribution is 2.35. The molecule has 0 saturated carbocycles. The van der Waals surface area contributed by atoms with Gasteiger partial charge in [0.15, 0.2) is 0 Å². The standard InChI is InChI=1S/C31H45N3O5/c1-22(2)18-27(32)31(35)34-14-12-26(24-7-9-25(37-4)10-8-24)30(20-34)39-21-23-6-11-29-28(19-23)33(15-17-38-29)13-5-16-36-3/h6-11,19,22,26-27,30H,5,12-18,20-21,32H2,1-4H3/t26-,27+,30+/m1/s1. The third kappa shape index (κ3) is 7.65. The van der Waals surface area contributed by atoms with Gasteiger partial charge in [0.1, 0.15) is 18.1 Å². The van der Waals surface area contributed by atoms with Crippen molar-refractivity contribution in [2.75, 3.05) is 58.5 Å². The zero-order chi connectivity index (χ0) is 27.8. The van der Waals surface area contributed by atoms with E-state index in [1.54, 1.807) is 14.2 Å². The van der Waals surface area contributed by atoms with Crippen LogP contribution in [0.25, 0.3) is 0 Å². The van der Waals surface area contributed by atoms with Crippen molar-refractivity contribution in [3.8, 4) is 11.5 Å². The third-order valence-electron chi connectivity index (χ3n) is 7.68. The average Bonchev–Trinajstić information content (AvgIpc) is 2.95. The van der Waals surface area contributed by atoms with Crippen molar-refractivity contribution in [3.63, 3.8) is 0 Å². The number of carbonyl (C=O) groups is 1. The lowest BCUT2D eigenvalue weighted by Crippen LogP contribution is -2.52. The van der Waals surface area contributed by atoms with Crippen molar-refractivity contribution in [3.05, 3.63) is 53.6 Å². The molecule has 2 aliphatic heterocycles. The maximum atomic E-state index is 13.2. The number of hydrogen-bond donors (Lipinski definition) is 1. The van der Waals surface area contributed by atoms with Gasteiger partial charge in [0.2, 0.25) is 5.91 Å². The third-order valence-corrected chi connectivity index (χ3v) is 7.68. The number of fused-ring (bicyclic) bond motifs is 1. The van der Waals surface area contributed by atoms with Gasteiger partial charge in [0, 0.05) is 39.3 Å². The van der Waals surface area contributed by atoms with Crippen molar-refractivity contribution in [1.29, 1.82) is 0 Å². The minimum atomic E-state index is -0.479. The van der Waals surface area contributed by atoms with Crippen LogP contribution < -0.4 is 20.1 Å². The molecule has 39 heavy (non-hydrogen) atoms. The van der Waals surface area contributed by atoms with Crippen LogP contribution in [0.2, 0.25) is 0 Å². The number of ether oxygens (including phenoxy) is 4. The fourth-order valence-corrected chi connectivity index (χ4v) is 5.60. The Morgan fingerprint density at radius 1 is 1.13 bits per heavy atom. The van der Waals surface area contributed by atoms with Gasteiger partial charge in [-0.2, -0.15) is 0 Å². The van der Waals surface area contributed by atoms with Gasteiger partial charge in [-0.3, -0.25) is 4.79 Å². The molecule has 2 heterocycles. The van der Waals surface area contributed by atoms with Crippen LogP contribution in [0, 0.1) is 5.92 Å². The van der Waals surface area contributed by atoms with E-state index in [1.807, 2.05) is 23.1 Å². The Morgan fingerprint density at radius 2 is 1.92 bits per heavy atom. The highest BCUT2D eigenvalue weighted by molar-refractivity contribution is 5.81. The lowest BCUT2D eigenvalue weighted by Gasteiger charge is -2.40. The molecule has 0 unspecified atom stereocenters. The van der Waals surface area contributed by atoms with Gasteiger partial charge in [-0.15, -0.1) is 0 Å². The Bertz CT molecular complexity index is 1060. The Kier molecular flexibility index (Phi) is 10.5. The van der Waals surface area contributed by atoms with Crippen LogP contribution >= 0.6 is 0 Å². The number of piperidine rings is 1. The van der Waals surface area contributed by atoms with Crippen LogP contribution in [-0.4, -0.2) is 76.6 Å². The summed E-state index contributed by atoms with van der Waals surface area (Å²) in [4.78, 5) is 17.4. The van der Waals surface area contributed by atoms with Crippen LogP contribution in [0.15, 0.2) is 42.5 Å². The summed E-state index contributed by atoms with van der Waals surface area (Å²) < 4.78 is 23.1. The first kappa shape index (κ1) is 29.2. The Balaban J connectivity index is 1.49. The van der Waals surface area contributed by atoms with E-state index in [-0.39, 0.29) is 17.9 Å². The Labute approximate surface area is 233 Å². The largest absolute Gasteiger partial charge is 0.497 e. The number of anilines is 1. The summed E-state index contributed by atoms with van der Waals surface area (Å²) in [6, 6.07) is 14.0. The zero-order valence-corrected chi connectivity index (χ0v) is 23.9. The number of likely N-dealkylation sites (tertiary alicyclic amines) is 1. The minimum absolute atomic E-state index is 0.0168. The number of rotatable bonds is 12. The van der Waals surface area contributed by atoms with Crippen molar-refractivity contribution in [2.45, 2.75) is 57.8 Å². The second-order valence-corrected chi connectivity index (χ2v) is 11.0. The van der Waals surface area contributed by atoms with E-state index < -0.39 is 6.04 Å². The molecule has 8 heteroatoms. The smallest absolute Gasteiger partial charge is 0.239 e. The van der Waals surface area contributed by atoms with Crippen molar-refractivity contribution < 1.29 is 23.7 Å². The van der Waals surface area contributed by atoms with Gasteiger partial charge in [-0.05, 0) is 60.6 Å². The molecule has 0 aromatic heterocycles. The topological polar surface area (TPSA) is 86.5 Å². The molecular weight excluding hydrogens is 494 g/mol. The second-order valence-electron chi connectivity index (χ2n) is 11.0. The SMILES string of the molecule is COCCCN1CCOc2ccc(CO[C@H]3CN(C(=O)[C@@H](N)CC(C)C)CC[C@@H]3c3ccc(OC)cc3)cc21. The summed E-state index contributed by atoms with van der Waals surface area (Å²) in [6.07, 6.45) is 2.32. The molecular formula is C31H45N3O5. The van der Waals surface area contributed by atoms with Crippen LogP contribution in [0.3, 0.4) is 0 Å². The zero-order valence-electron chi connectivity index (χ0n) is 23.9. The molecule has 4 rings (SSSR count). The summed E-state index contributed by atoms with van der Waals surface area (Å²) in [5, 5.41) is 0. The molecule has 8 nitrogen and oxygen atoms in total. The molecule has 1 amide bonds. The number of benzene rings is 2. The van der Waals surface area contributed by atoms with E-state index in [2.05, 4.69) is 43.0 Å². The molecule has 0 aliphatic carbocycles. The van der Waals surface area contributed by atoms with Gasteiger partial charge >= 0.3 is 0 Å². The first-order valence-corrected chi connectivity index (χ1v) is 14.2. The average molecular weight is 540 g/mol. The highest BCUT2D eigenvalue weighted by Gasteiger charge is 2.35. The second kappa shape index (κ2) is 14.0. The van der Waals surface area contributed by atoms with E-state index in [4.69, 9.17) is 24.7 Å². The first-order chi connectivity index (χ1) is 18.9. The minimum Gasteiger partial charge on any atom is -0.497 e. The van der Waals surface area contributed by atoms with E-state index in [9.17, 15) is 4.79 Å². The summed E-state index contributed by atoms with van der Waals surface area (Å²) >= 11 is 0. The Morgan fingerprint density at radius 3 is 2.64 bits per heavy atom. The lowest BCUT2D eigenvalue weighted by molar-refractivity contribution is -0.138. The Hall–Kier alpha value is -2.81. The summed E-state index contributed by atoms with van der Waals surface area (Å²) in [6.45, 7) is 9.04. The van der Waals surface area contributed by atoms with Crippen LogP contribution in [-0.2, 0) is 20.9 Å². The number of hydrogen-bond acceptors (Lipinski definition) is 7. The quantitative estimate of drug-likeness (QED) is 0.405. The summed E-state index contributed by atoms with van der Waals surface area (Å²) in [7, 11) is 3.41. The van der Waals surface area contributed by atoms with Gasteiger partial charge in [-0.1, -0.05) is 32.0 Å². The maximum absolute atomic E-state index is 13.2. The molecule has 2 aliphatic rings. The van der Waals surface area contributed by atoms with E-state index in [1.165, 1.54) is 5.56 Å². The molecule has 2 aromatic carbocycles. The first-order valence-electron chi connectivity index (χ1n) is 14.2. The summed E-state index contributed by atoms with van der Waals surface area (Å²) in [5.41, 5.74) is 9.67. The van der Waals surface area contributed by atoms with Crippen LogP contribution in [0.1, 0.15) is 50.2 Å². The van der Waals surface area contributed by atoms with E-state index in [0.717, 1.165) is 55.3 Å². The van der Waals surface area contributed by atoms with Crippen LogP contribution in [0.5, 0.6) is 11.5 Å². The molecule has 3 atom stereocenters. The fourth-order valence-electron chi connectivity index (χ4n) is 5.60. The number of methoxy groups -OCH3 is 2. The molecule has 0 spiro atoms. The van der Waals surface area contributed by atoms with E-state index in [0.29, 0.717) is 38.6 Å².